The summed E-state index contributed by atoms with van der Waals surface area (Å²) in [6.07, 6.45) is 3.64. The Morgan fingerprint density at radius 1 is 1.35 bits per heavy atom. The average molecular weight is 389 g/mol. The minimum Gasteiger partial charge on any atom is -0.593 e. The zero-order valence-corrected chi connectivity index (χ0v) is 15.6. The molecule has 3 aromatic rings. The molecule has 3 rings (SSSR count). The Balaban J connectivity index is 1.81. The molecule has 1 atom stereocenters. The van der Waals surface area contributed by atoms with Crippen molar-refractivity contribution in [1.29, 1.82) is 0 Å². The molecule has 0 saturated carbocycles. The van der Waals surface area contributed by atoms with Gasteiger partial charge in [0.15, 0.2) is 0 Å². The van der Waals surface area contributed by atoms with E-state index in [0.29, 0.717) is 21.3 Å². The van der Waals surface area contributed by atoms with Crippen LogP contribution in [0.4, 0.5) is 5.69 Å². The summed E-state index contributed by atoms with van der Waals surface area (Å²) in [6.45, 7) is 1.91. The van der Waals surface area contributed by atoms with Gasteiger partial charge < -0.3 is 9.87 Å². The predicted molar refractivity (Wildman–Crippen MR) is 103 cm³/mol. The second-order valence-corrected chi connectivity index (χ2v) is 7.20. The Morgan fingerprint density at radius 3 is 2.77 bits per heavy atom. The first kappa shape index (κ1) is 18.5. The molecule has 0 radical (unpaired) electrons. The maximum atomic E-state index is 12.3. The van der Waals surface area contributed by atoms with Crippen LogP contribution in [0.3, 0.4) is 0 Å². The first-order chi connectivity index (χ1) is 12.4. The summed E-state index contributed by atoms with van der Waals surface area (Å²) in [5.41, 5.74) is 2.81. The van der Waals surface area contributed by atoms with Crippen LogP contribution in [0.1, 0.15) is 11.1 Å². The molecule has 0 fully saturated rings. The van der Waals surface area contributed by atoms with Crippen LogP contribution in [0, 0.1) is 6.92 Å². The third-order valence-electron chi connectivity index (χ3n) is 3.73. The Hall–Kier alpha value is -2.32. The average Bonchev–Trinajstić information content (AvgIpc) is 3.03. The van der Waals surface area contributed by atoms with Crippen LogP contribution < -0.4 is 10.5 Å². The second kappa shape index (κ2) is 7.92. The second-order valence-electron chi connectivity index (χ2n) is 5.76. The van der Waals surface area contributed by atoms with Gasteiger partial charge in [0.2, 0.25) is 10.8 Å². The molecule has 0 bridgehead atoms. The highest BCUT2D eigenvalue weighted by atomic mass is 35.5. The van der Waals surface area contributed by atoms with Crippen LogP contribution >= 0.6 is 11.6 Å². The number of nitrogens with zero attached hydrogens (tertiary/aromatic N) is 2. The number of nitrogens with two attached hydrogens (primary N) is 1. The fourth-order valence-electron chi connectivity index (χ4n) is 2.51. The maximum absolute atomic E-state index is 12.3. The van der Waals surface area contributed by atoms with Crippen molar-refractivity contribution in [2.24, 2.45) is 5.14 Å². The van der Waals surface area contributed by atoms with Gasteiger partial charge in [-0.2, -0.15) is 5.10 Å². The van der Waals surface area contributed by atoms with Crippen molar-refractivity contribution in [3.63, 3.8) is 0 Å². The molecule has 8 heteroatoms. The lowest BCUT2D eigenvalue weighted by atomic mass is 10.1. The molecule has 0 aliphatic rings. The van der Waals surface area contributed by atoms with Gasteiger partial charge in [0.05, 0.1) is 24.0 Å². The molecule has 26 heavy (non-hydrogen) atoms. The molecule has 1 amide bonds. The highest BCUT2D eigenvalue weighted by Crippen LogP contribution is 2.24. The van der Waals surface area contributed by atoms with E-state index in [2.05, 4.69) is 10.4 Å². The molecule has 0 saturated heterocycles. The number of anilines is 1. The molecular weight excluding hydrogens is 372 g/mol. The molecule has 0 spiro atoms. The molecule has 3 N–H and O–H groups in total. The molecule has 0 aliphatic heterocycles. The van der Waals surface area contributed by atoms with Crippen molar-refractivity contribution in [1.82, 2.24) is 9.78 Å². The van der Waals surface area contributed by atoms with E-state index in [4.69, 9.17) is 16.7 Å². The quantitative estimate of drug-likeness (QED) is 0.656. The van der Waals surface area contributed by atoms with E-state index in [0.717, 1.165) is 11.1 Å². The lowest BCUT2D eigenvalue weighted by Gasteiger charge is -2.12. The maximum Gasteiger partial charge on any atom is 0.228 e. The molecule has 1 heterocycles. The summed E-state index contributed by atoms with van der Waals surface area (Å²) in [6, 6.07) is 12.2. The standard InChI is InChI=1S/C18H17ClN4O2S/c1-12-10-21-23(11-12)16-7-6-14(9-17(16)26(20)25)22-18(24)8-13-4-2-3-5-15(13)19/h2-7,9-11H,8,20H2,1H3,(H,22,24). The smallest absolute Gasteiger partial charge is 0.228 e. The highest BCUT2D eigenvalue weighted by molar-refractivity contribution is 7.89. The van der Waals surface area contributed by atoms with Gasteiger partial charge in [0, 0.05) is 23.0 Å². The van der Waals surface area contributed by atoms with Crippen LogP contribution in [-0.2, 0) is 22.6 Å². The minimum absolute atomic E-state index is 0.140. The topological polar surface area (TPSA) is 96.0 Å². The predicted octanol–water partition coefficient (Wildman–Crippen LogP) is 3.00. The van der Waals surface area contributed by atoms with Crippen LogP contribution in [0.2, 0.25) is 5.02 Å². The summed E-state index contributed by atoms with van der Waals surface area (Å²) in [5, 5.41) is 13.1. The zero-order valence-electron chi connectivity index (χ0n) is 14.0. The number of hydrogen-bond donors (Lipinski definition) is 2. The van der Waals surface area contributed by atoms with Gasteiger partial charge in [-0.15, -0.1) is 5.14 Å². The monoisotopic (exact) mass is 388 g/mol. The lowest BCUT2D eigenvalue weighted by molar-refractivity contribution is -0.115. The number of aryl methyl sites for hydroxylation is 1. The number of carbonyl (C=O) groups is 1. The van der Waals surface area contributed by atoms with Crippen LogP contribution in [-0.4, -0.2) is 20.2 Å². The number of rotatable bonds is 5. The molecule has 2 aromatic carbocycles. The number of hydrogen-bond acceptors (Lipinski definition) is 4. The fourth-order valence-corrected chi connectivity index (χ4v) is 3.32. The van der Waals surface area contributed by atoms with Gasteiger partial charge in [-0.05, 0) is 36.2 Å². The van der Waals surface area contributed by atoms with Crippen LogP contribution in [0.25, 0.3) is 5.69 Å². The molecule has 1 aromatic heterocycles. The number of halogens is 1. The van der Waals surface area contributed by atoms with E-state index < -0.39 is 11.4 Å². The van der Waals surface area contributed by atoms with E-state index >= 15 is 0 Å². The summed E-state index contributed by atoms with van der Waals surface area (Å²) < 4.78 is 13.5. The number of nitrogens with one attached hydrogen (secondary N) is 1. The van der Waals surface area contributed by atoms with E-state index in [1.165, 1.54) is 0 Å². The summed E-state index contributed by atoms with van der Waals surface area (Å²) in [4.78, 5) is 12.7. The van der Waals surface area contributed by atoms with Crippen molar-refractivity contribution < 1.29 is 9.35 Å². The number of carbonyl (C=O) groups excluding carboxylic acids is 1. The highest BCUT2D eigenvalue weighted by Gasteiger charge is 2.17. The lowest BCUT2D eigenvalue weighted by Crippen LogP contribution is -2.18. The Labute approximate surface area is 159 Å². The summed E-state index contributed by atoms with van der Waals surface area (Å²) in [7, 11) is 0. The third-order valence-corrected chi connectivity index (χ3v) is 4.86. The van der Waals surface area contributed by atoms with Gasteiger partial charge in [0.1, 0.15) is 5.69 Å². The van der Waals surface area contributed by atoms with E-state index in [-0.39, 0.29) is 12.3 Å². The van der Waals surface area contributed by atoms with Crippen molar-refractivity contribution in [2.75, 3.05) is 5.32 Å². The molecule has 134 valence electrons. The van der Waals surface area contributed by atoms with Crippen molar-refractivity contribution in [3.05, 3.63) is 71.0 Å². The van der Waals surface area contributed by atoms with Crippen molar-refractivity contribution >= 4 is 34.6 Å². The van der Waals surface area contributed by atoms with E-state index in [1.54, 1.807) is 47.4 Å². The summed E-state index contributed by atoms with van der Waals surface area (Å²) in [5.74, 6) is -0.227. The molecule has 6 nitrogen and oxygen atoms in total. The number of aromatic nitrogens is 2. The third kappa shape index (κ3) is 4.25. The number of benzene rings is 2. The Morgan fingerprint density at radius 2 is 2.12 bits per heavy atom. The molecule has 0 aliphatic carbocycles. The van der Waals surface area contributed by atoms with Gasteiger partial charge in [-0.25, -0.2) is 4.68 Å². The first-order valence-electron chi connectivity index (χ1n) is 7.79. The SMILES string of the molecule is Cc1cnn(-c2ccc(NC(=O)Cc3ccccc3Cl)cc2[S+](N)[O-])c1. The normalized spacial score (nSPS) is 12.0. The fraction of sp³-hybridized carbons (Fsp3) is 0.111. The van der Waals surface area contributed by atoms with Gasteiger partial charge in [-0.3, -0.25) is 4.79 Å². The Kier molecular flexibility index (Phi) is 5.63. The Bertz CT molecular complexity index is 942. The van der Waals surface area contributed by atoms with E-state index in [9.17, 15) is 9.35 Å². The van der Waals surface area contributed by atoms with E-state index in [1.807, 2.05) is 19.1 Å². The van der Waals surface area contributed by atoms with Crippen molar-refractivity contribution in [3.8, 4) is 5.69 Å². The molecule has 1 unspecified atom stereocenters. The van der Waals surface area contributed by atoms with Crippen LogP contribution in [0.5, 0.6) is 0 Å². The van der Waals surface area contributed by atoms with Gasteiger partial charge in [-0.1, -0.05) is 29.8 Å². The zero-order chi connectivity index (χ0) is 18.7. The summed E-state index contributed by atoms with van der Waals surface area (Å²) >= 11 is 4.35. The first-order valence-corrected chi connectivity index (χ1v) is 9.38. The van der Waals surface area contributed by atoms with Gasteiger partial charge >= 0.3 is 0 Å². The largest absolute Gasteiger partial charge is 0.593 e. The minimum atomic E-state index is -1.73. The molecular formula is C18H17ClN4O2S. The number of amides is 1. The van der Waals surface area contributed by atoms with Crippen LogP contribution in [0.15, 0.2) is 59.8 Å². The van der Waals surface area contributed by atoms with Gasteiger partial charge in [0.25, 0.3) is 0 Å². The van der Waals surface area contributed by atoms with Crippen molar-refractivity contribution in [2.45, 2.75) is 18.2 Å².